The highest BCUT2D eigenvalue weighted by molar-refractivity contribution is 7.92. The van der Waals surface area contributed by atoms with E-state index >= 15 is 0 Å². The Morgan fingerprint density at radius 3 is 2.73 bits per heavy atom. The van der Waals surface area contributed by atoms with E-state index in [-0.39, 0.29) is 18.6 Å². The fraction of sp³-hybridized carbons (Fsp3) is 0.533. The second-order valence-electron chi connectivity index (χ2n) is 5.52. The van der Waals surface area contributed by atoms with Crippen molar-refractivity contribution in [2.75, 3.05) is 37.6 Å². The molecule has 22 heavy (non-hydrogen) atoms. The molecule has 122 valence electrons. The van der Waals surface area contributed by atoms with Crippen LogP contribution in [-0.2, 0) is 24.0 Å². The van der Waals surface area contributed by atoms with Gasteiger partial charge in [0.15, 0.2) is 0 Å². The van der Waals surface area contributed by atoms with Crippen molar-refractivity contribution in [2.45, 2.75) is 18.9 Å². The lowest BCUT2D eigenvalue weighted by molar-refractivity contribution is -0.121. The molecule has 0 spiro atoms. The van der Waals surface area contributed by atoms with E-state index in [9.17, 15) is 9.00 Å². The first kappa shape index (κ1) is 16.9. The van der Waals surface area contributed by atoms with Crippen LogP contribution in [0.1, 0.15) is 12.8 Å². The Kier molecular flexibility index (Phi) is 5.93. The molecular formula is C15H22N2O4S. The van der Waals surface area contributed by atoms with Crippen LogP contribution in [0.3, 0.4) is 0 Å². The Bertz CT molecular complexity index is 607. The van der Waals surface area contributed by atoms with Crippen LogP contribution in [0.25, 0.3) is 0 Å². The van der Waals surface area contributed by atoms with Crippen LogP contribution in [0.2, 0.25) is 0 Å². The first-order valence-electron chi connectivity index (χ1n) is 7.19. The molecule has 1 heterocycles. The maximum atomic E-state index is 11.8. The van der Waals surface area contributed by atoms with Crippen molar-refractivity contribution >= 4 is 27.0 Å². The van der Waals surface area contributed by atoms with E-state index in [1.807, 2.05) is 0 Å². The van der Waals surface area contributed by atoms with Gasteiger partial charge in [-0.15, -0.1) is 0 Å². The Morgan fingerprint density at radius 2 is 2.14 bits per heavy atom. The number of anilines is 1. The zero-order valence-electron chi connectivity index (χ0n) is 12.9. The van der Waals surface area contributed by atoms with E-state index in [4.69, 9.17) is 9.47 Å². The Balaban J connectivity index is 1.77. The van der Waals surface area contributed by atoms with Crippen LogP contribution in [0, 0.1) is 0 Å². The lowest BCUT2D eigenvalue weighted by atomic mass is 10.2. The molecule has 1 aliphatic rings. The minimum absolute atomic E-state index is 0.00370. The van der Waals surface area contributed by atoms with Crippen LogP contribution in [0.4, 0.5) is 11.4 Å². The average Bonchev–Trinajstić information content (AvgIpc) is 2.92. The van der Waals surface area contributed by atoms with Crippen molar-refractivity contribution in [2.24, 2.45) is 4.36 Å². The number of amides is 1. The third-order valence-corrected chi connectivity index (χ3v) is 3.69. The van der Waals surface area contributed by atoms with Gasteiger partial charge in [-0.1, -0.05) is 0 Å². The number of carbonyl (C=O) groups is 1. The number of rotatable bonds is 6. The lowest BCUT2D eigenvalue weighted by Crippen LogP contribution is -2.22. The van der Waals surface area contributed by atoms with Gasteiger partial charge in [0.05, 0.1) is 18.4 Å². The molecule has 1 atom stereocenters. The van der Waals surface area contributed by atoms with Gasteiger partial charge in [0.2, 0.25) is 5.91 Å². The van der Waals surface area contributed by atoms with Crippen LogP contribution >= 0.6 is 0 Å². The van der Waals surface area contributed by atoms with Crippen LogP contribution in [0.5, 0.6) is 0 Å². The van der Waals surface area contributed by atoms with Gasteiger partial charge in [-0.2, -0.15) is 4.36 Å². The van der Waals surface area contributed by atoms with Crippen molar-refractivity contribution in [3.8, 4) is 0 Å². The molecule has 6 nitrogen and oxygen atoms in total. The molecular weight excluding hydrogens is 304 g/mol. The minimum Gasteiger partial charge on any atom is -0.376 e. The third kappa shape index (κ3) is 6.13. The standard InChI is InChI=1S/C15H22N2O4S/c1-22(2,19)17-13-7-5-12(6-8-13)16-15(18)11-20-10-14-4-3-9-21-14/h5-8,14H,3-4,9-11H2,1-2H3,(H,16,18). The number of nitrogens with zero attached hydrogens (tertiary/aromatic N) is 1. The van der Waals surface area contributed by atoms with E-state index in [0.717, 1.165) is 19.4 Å². The molecule has 1 aromatic rings. The summed E-state index contributed by atoms with van der Waals surface area (Å²) in [5.74, 6) is -0.211. The zero-order chi connectivity index (χ0) is 16.0. The molecule has 1 aliphatic heterocycles. The summed E-state index contributed by atoms with van der Waals surface area (Å²) in [4.78, 5) is 11.8. The summed E-state index contributed by atoms with van der Waals surface area (Å²) >= 11 is 0. The summed E-state index contributed by atoms with van der Waals surface area (Å²) in [6, 6.07) is 6.88. The van der Waals surface area contributed by atoms with Gasteiger partial charge in [0.25, 0.3) is 0 Å². The molecule has 1 amide bonds. The molecule has 1 unspecified atom stereocenters. The third-order valence-electron chi connectivity index (χ3n) is 3.04. The Labute approximate surface area is 131 Å². The second kappa shape index (κ2) is 7.71. The van der Waals surface area contributed by atoms with Crippen molar-refractivity contribution in [3.05, 3.63) is 24.3 Å². The summed E-state index contributed by atoms with van der Waals surface area (Å²) in [5, 5.41) is 2.74. The second-order valence-corrected chi connectivity index (χ2v) is 8.06. The van der Waals surface area contributed by atoms with Gasteiger partial charge in [-0.05, 0) is 37.1 Å². The van der Waals surface area contributed by atoms with Gasteiger partial charge in [-0.3, -0.25) is 4.79 Å². The molecule has 0 aliphatic carbocycles. The molecule has 0 radical (unpaired) electrons. The fourth-order valence-electron chi connectivity index (χ4n) is 2.12. The molecule has 0 aromatic heterocycles. The van der Waals surface area contributed by atoms with Crippen molar-refractivity contribution in [3.63, 3.8) is 0 Å². The monoisotopic (exact) mass is 326 g/mol. The number of ether oxygens (including phenoxy) is 2. The summed E-state index contributed by atoms with van der Waals surface area (Å²) in [6.45, 7) is 1.23. The summed E-state index contributed by atoms with van der Waals surface area (Å²) in [6.07, 6.45) is 5.32. The summed E-state index contributed by atoms with van der Waals surface area (Å²) in [7, 11) is -2.18. The van der Waals surface area contributed by atoms with E-state index in [1.165, 1.54) is 0 Å². The highest BCUT2D eigenvalue weighted by Gasteiger charge is 2.15. The fourth-order valence-corrected chi connectivity index (χ4v) is 2.74. The predicted molar refractivity (Wildman–Crippen MR) is 86.9 cm³/mol. The number of nitrogens with one attached hydrogen (secondary N) is 1. The van der Waals surface area contributed by atoms with Crippen LogP contribution in [-0.4, -0.2) is 48.6 Å². The van der Waals surface area contributed by atoms with Gasteiger partial charge < -0.3 is 14.8 Å². The largest absolute Gasteiger partial charge is 0.376 e. The topological polar surface area (TPSA) is 77.0 Å². The number of hydrogen-bond acceptors (Lipinski definition) is 5. The minimum atomic E-state index is -2.18. The highest BCUT2D eigenvalue weighted by Crippen LogP contribution is 2.17. The van der Waals surface area contributed by atoms with Crippen molar-refractivity contribution < 1.29 is 18.5 Å². The molecule has 0 saturated carbocycles. The van der Waals surface area contributed by atoms with E-state index < -0.39 is 9.73 Å². The highest BCUT2D eigenvalue weighted by atomic mass is 32.2. The number of benzene rings is 1. The van der Waals surface area contributed by atoms with E-state index in [2.05, 4.69) is 9.68 Å². The van der Waals surface area contributed by atoms with Crippen LogP contribution in [0.15, 0.2) is 28.6 Å². The van der Waals surface area contributed by atoms with Crippen molar-refractivity contribution in [1.82, 2.24) is 0 Å². The average molecular weight is 326 g/mol. The number of hydrogen-bond donors (Lipinski definition) is 1. The number of carbonyl (C=O) groups excluding carboxylic acids is 1. The normalized spacial score (nSPS) is 18.2. The maximum absolute atomic E-state index is 11.8. The first-order valence-corrected chi connectivity index (χ1v) is 9.52. The molecule has 0 bridgehead atoms. The molecule has 1 N–H and O–H groups in total. The Hall–Kier alpha value is -1.44. The molecule has 1 saturated heterocycles. The summed E-state index contributed by atoms with van der Waals surface area (Å²) in [5.41, 5.74) is 1.28. The molecule has 1 aromatic carbocycles. The summed E-state index contributed by atoms with van der Waals surface area (Å²) < 4.78 is 26.4. The first-order chi connectivity index (χ1) is 10.4. The zero-order valence-corrected chi connectivity index (χ0v) is 13.7. The van der Waals surface area contributed by atoms with Gasteiger partial charge in [0.1, 0.15) is 6.61 Å². The van der Waals surface area contributed by atoms with Gasteiger partial charge in [-0.25, -0.2) is 4.21 Å². The van der Waals surface area contributed by atoms with Crippen molar-refractivity contribution in [1.29, 1.82) is 0 Å². The van der Waals surface area contributed by atoms with E-state index in [1.54, 1.807) is 36.8 Å². The lowest BCUT2D eigenvalue weighted by Gasteiger charge is -2.10. The van der Waals surface area contributed by atoms with Crippen LogP contribution < -0.4 is 5.32 Å². The van der Waals surface area contributed by atoms with E-state index in [0.29, 0.717) is 18.0 Å². The maximum Gasteiger partial charge on any atom is 0.250 e. The SMILES string of the molecule is CS(C)(=O)=Nc1ccc(NC(=O)COCC2CCCO2)cc1. The molecule has 7 heteroatoms. The van der Waals surface area contributed by atoms with Gasteiger partial charge >= 0.3 is 0 Å². The molecule has 2 rings (SSSR count). The predicted octanol–water partition coefficient (Wildman–Crippen LogP) is 2.18. The smallest absolute Gasteiger partial charge is 0.250 e. The quantitative estimate of drug-likeness (QED) is 0.869. The van der Waals surface area contributed by atoms with Gasteiger partial charge in [0, 0.05) is 34.5 Å². The molecule has 1 fully saturated rings. The Morgan fingerprint density at radius 1 is 1.41 bits per heavy atom.